The molecule has 6 nitrogen and oxygen atoms in total. The molecule has 0 aliphatic carbocycles. The van der Waals surface area contributed by atoms with Crippen LogP contribution >= 0.6 is 35.0 Å². The predicted molar refractivity (Wildman–Crippen MR) is 125 cm³/mol. The zero-order valence-corrected chi connectivity index (χ0v) is 19.6. The minimum atomic E-state index is 0.0794. The second-order valence-electron chi connectivity index (χ2n) is 7.21. The summed E-state index contributed by atoms with van der Waals surface area (Å²) in [5.74, 6) is 2.69. The minimum absolute atomic E-state index is 0.0794. The van der Waals surface area contributed by atoms with Gasteiger partial charge < -0.3 is 4.42 Å². The van der Waals surface area contributed by atoms with Gasteiger partial charge in [0.2, 0.25) is 5.89 Å². The monoisotopic (exact) mass is 473 g/mol. The van der Waals surface area contributed by atoms with Gasteiger partial charge in [-0.05, 0) is 69.6 Å². The fourth-order valence-corrected chi connectivity index (χ4v) is 4.02. The molecule has 0 aliphatic rings. The summed E-state index contributed by atoms with van der Waals surface area (Å²) >= 11 is 13.6. The Hall–Kier alpha value is -2.32. The molecule has 4 aromatic rings. The summed E-state index contributed by atoms with van der Waals surface area (Å²) in [5, 5.41) is 11.0. The molecule has 0 saturated carbocycles. The van der Waals surface area contributed by atoms with E-state index >= 15 is 0 Å². The molecule has 31 heavy (non-hydrogen) atoms. The van der Waals surface area contributed by atoms with Gasteiger partial charge in [-0.2, -0.15) is 0 Å². The molecule has 2 heterocycles. The highest BCUT2D eigenvalue weighted by Gasteiger charge is 2.21. The van der Waals surface area contributed by atoms with E-state index in [1.165, 1.54) is 11.8 Å². The van der Waals surface area contributed by atoms with Crippen LogP contribution in [0.25, 0.3) is 17.0 Å². The van der Waals surface area contributed by atoms with Gasteiger partial charge in [-0.25, -0.2) is 4.98 Å². The number of benzene rings is 2. The molecule has 2 aromatic carbocycles. The van der Waals surface area contributed by atoms with Gasteiger partial charge in [0.15, 0.2) is 16.7 Å². The number of oxazole rings is 1. The van der Waals surface area contributed by atoms with Crippen LogP contribution < -0.4 is 0 Å². The van der Waals surface area contributed by atoms with Crippen LogP contribution in [0.4, 0.5) is 0 Å². The molecule has 160 valence electrons. The van der Waals surface area contributed by atoms with Crippen LogP contribution in [0, 0.1) is 0 Å². The molecule has 0 saturated heterocycles. The smallest absolute Gasteiger partial charge is 0.205 e. The average Bonchev–Trinajstić information content (AvgIpc) is 3.40. The Bertz CT molecular complexity index is 1160. The van der Waals surface area contributed by atoms with Gasteiger partial charge in [0.1, 0.15) is 0 Å². The summed E-state index contributed by atoms with van der Waals surface area (Å²) in [6.07, 6.45) is 1.72. The Morgan fingerprint density at radius 2 is 1.65 bits per heavy atom. The van der Waals surface area contributed by atoms with Crippen LogP contribution in [-0.4, -0.2) is 38.7 Å². The van der Waals surface area contributed by atoms with E-state index in [9.17, 15) is 0 Å². The van der Waals surface area contributed by atoms with E-state index in [2.05, 4.69) is 31.6 Å². The molecular weight excluding hydrogens is 453 g/mol. The van der Waals surface area contributed by atoms with Crippen LogP contribution in [0.15, 0.2) is 64.3 Å². The van der Waals surface area contributed by atoms with Crippen molar-refractivity contribution in [2.75, 3.05) is 14.1 Å². The third kappa shape index (κ3) is 4.96. The first kappa shape index (κ1) is 21.9. The number of hydrogen-bond donors (Lipinski definition) is 0. The van der Waals surface area contributed by atoms with Gasteiger partial charge >= 0.3 is 0 Å². The number of hydrogen-bond acceptors (Lipinski definition) is 6. The Labute approximate surface area is 195 Å². The second-order valence-corrected chi connectivity index (χ2v) is 9.02. The molecule has 1 unspecified atom stereocenters. The largest absolute Gasteiger partial charge is 0.440 e. The molecule has 4 rings (SSSR count). The number of thioether (sulfide) groups is 1. The van der Waals surface area contributed by atoms with Crippen molar-refractivity contribution in [3.8, 4) is 17.0 Å². The van der Waals surface area contributed by atoms with Gasteiger partial charge in [0.05, 0.1) is 18.0 Å². The molecule has 9 heteroatoms. The zero-order valence-electron chi connectivity index (χ0n) is 17.3. The van der Waals surface area contributed by atoms with Gasteiger partial charge in [0.25, 0.3) is 0 Å². The normalized spacial score (nSPS) is 12.5. The van der Waals surface area contributed by atoms with Crippen LogP contribution in [0.5, 0.6) is 0 Å². The summed E-state index contributed by atoms with van der Waals surface area (Å²) < 4.78 is 7.98. The first-order chi connectivity index (χ1) is 14.9. The lowest BCUT2D eigenvalue weighted by atomic mass is 10.2. The van der Waals surface area contributed by atoms with E-state index in [1.54, 1.807) is 6.20 Å². The van der Waals surface area contributed by atoms with Crippen molar-refractivity contribution in [3.05, 3.63) is 76.5 Å². The maximum Gasteiger partial charge on any atom is 0.205 e. The number of rotatable bonds is 7. The van der Waals surface area contributed by atoms with Crippen LogP contribution in [0.1, 0.15) is 24.7 Å². The molecule has 0 amide bonds. The Morgan fingerprint density at radius 3 is 2.29 bits per heavy atom. The third-order valence-corrected chi connectivity index (χ3v) is 6.32. The fraction of sp³-hybridized carbons (Fsp3) is 0.227. The van der Waals surface area contributed by atoms with Crippen molar-refractivity contribution < 1.29 is 4.42 Å². The lowest BCUT2D eigenvalue weighted by molar-refractivity contribution is 0.305. The highest BCUT2D eigenvalue weighted by Crippen LogP contribution is 2.30. The molecule has 0 bridgehead atoms. The molecule has 0 fully saturated rings. The topological polar surface area (TPSA) is 60.0 Å². The summed E-state index contributed by atoms with van der Waals surface area (Å²) in [4.78, 5) is 6.51. The van der Waals surface area contributed by atoms with E-state index in [1.807, 2.05) is 62.6 Å². The Balaban J connectivity index is 1.59. The van der Waals surface area contributed by atoms with E-state index in [0.717, 1.165) is 22.2 Å². The predicted octanol–water partition coefficient (Wildman–Crippen LogP) is 6.14. The summed E-state index contributed by atoms with van der Waals surface area (Å²) in [5.41, 5.74) is 1.88. The molecule has 0 N–H and O–H groups in total. The highest BCUT2D eigenvalue weighted by molar-refractivity contribution is 7.98. The molecule has 2 aromatic heterocycles. The number of aromatic nitrogens is 4. The first-order valence-corrected chi connectivity index (χ1v) is 11.4. The quantitative estimate of drug-likeness (QED) is 0.300. The highest BCUT2D eigenvalue weighted by atomic mass is 35.5. The van der Waals surface area contributed by atoms with Gasteiger partial charge in [-0.15, -0.1) is 10.2 Å². The van der Waals surface area contributed by atoms with Crippen molar-refractivity contribution >= 4 is 35.0 Å². The second kappa shape index (κ2) is 9.44. The standard InChI is InChI=1S/C22H21Cl2N5OS/c1-14(28(2)3)21-26-27-22(29(21)18-10-8-17(24)9-11-18)31-13-20-25-12-19(30-20)15-4-6-16(23)7-5-15/h4-12,14H,13H2,1-3H3. The lowest BCUT2D eigenvalue weighted by Gasteiger charge is -2.20. The van der Waals surface area contributed by atoms with Crippen LogP contribution in [-0.2, 0) is 5.75 Å². The zero-order chi connectivity index (χ0) is 22.0. The van der Waals surface area contributed by atoms with Crippen molar-refractivity contribution in [1.82, 2.24) is 24.6 Å². The summed E-state index contributed by atoms with van der Waals surface area (Å²) in [6, 6.07) is 15.2. The van der Waals surface area contributed by atoms with Crippen LogP contribution in [0.2, 0.25) is 10.0 Å². The molecular formula is C22H21Cl2N5OS. The van der Waals surface area contributed by atoms with E-state index < -0.39 is 0 Å². The van der Waals surface area contributed by atoms with Gasteiger partial charge in [-0.1, -0.05) is 35.0 Å². The van der Waals surface area contributed by atoms with Crippen molar-refractivity contribution in [1.29, 1.82) is 0 Å². The molecule has 0 radical (unpaired) electrons. The van der Waals surface area contributed by atoms with Crippen molar-refractivity contribution in [3.63, 3.8) is 0 Å². The van der Waals surface area contributed by atoms with E-state index in [0.29, 0.717) is 27.4 Å². The van der Waals surface area contributed by atoms with Gasteiger partial charge in [0, 0.05) is 21.3 Å². The van der Waals surface area contributed by atoms with E-state index in [-0.39, 0.29) is 6.04 Å². The fourth-order valence-electron chi connectivity index (χ4n) is 2.96. The SMILES string of the molecule is CC(c1nnc(SCc2ncc(-c3ccc(Cl)cc3)o2)n1-c1ccc(Cl)cc1)N(C)C. The third-order valence-electron chi connectivity index (χ3n) is 4.90. The number of halogens is 2. The first-order valence-electron chi connectivity index (χ1n) is 9.63. The lowest BCUT2D eigenvalue weighted by Crippen LogP contribution is -2.20. The van der Waals surface area contributed by atoms with Crippen molar-refractivity contribution in [2.24, 2.45) is 0 Å². The molecule has 1 atom stereocenters. The molecule has 0 spiro atoms. The Morgan fingerprint density at radius 1 is 1.00 bits per heavy atom. The Kier molecular flexibility index (Phi) is 6.67. The maximum atomic E-state index is 6.09. The summed E-state index contributed by atoms with van der Waals surface area (Å²) in [6.45, 7) is 2.09. The average molecular weight is 474 g/mol. The number of nitrogens with zero attached hydrogens (tertiary/aromatic N) is 5. The maximum absolute atomic E-state index is 6.09. The van der Waals surface area contributed by atoms with Crippen LogP contribution in [0.3, 0.4) is 0 Å². The molecule has 0 aliphatic heterocycles. The minimum Gasteiger partial charge on any atom is -0.440 e. The summed E-state index contributed by atoms with van der Waals surface area (Å²) in [7, 11) is 4.03. The van der Waals surface area contributed by atoms with E-state index in [4.69, 9.17) is 27.6 Å². The van der Waals surface area contributed by atoms with Crippen molar-refractivity contribution in [2.45, 2.75) is 23.9 Å². The van der Waals surface area contributed by atoms with Gasteiger partial charge in [-0.3, -0.25) is 9.47 Å².